The van der Waals surface area contributed by atoms with Gasteiger partial charge in [0.25, 0.3) is 5.56 Å². The fourth-order valence-electron chi connectivity index (χ4n) is 2.62. The van der Waals surface area contributed by atoms with E-state index in [0.29, 0.717) is 6.54 Å². The Kier molecular flexibility index (Phi) is 5.56. The fraction of sp³-hybridized carbons (Fsp3) is 0.375. The number of hydrogen-bond acceptors (Lipinski definition) is 7. The Labute approximate surface area is 147 Å². The number of H-pyrrole nitrogens is 1. The van der Waals surface area contributed by atoms with Crippen molar-refractivity contribution in [1.82, 2.24) is 9.55 Å². The minimum atomic E-state index is -0.897. The van der Waals surface area contributed by atoms with Crippen molar-refractivity contribution >= 4 is 5.69 Å². The van der Waals surface area contributed by atoms with Crippen LogP contribution in [0.5, 0.6) is 0 Å². The molecule has 0 unspecified atom stereocenters. The van der Waals surface area contributed by atoms with Gasteiger partial charge in [-0.25, -0.2) is 4.79 Å². The largest absolute Gasteiger partial charge is 0.394 e. The van der Waals surface area contributed by atoms with Gasteiger partial charge in [0.1, 0.15) is 18.0 Å². The smallest absolute Gasteiger partial charge is 0.330 e. The van der Waals surface area contributed by atoms with E-state index in [9.17, 15) is 14.7 Å². The summed E-state index contributed by atoms with van der Waals surface area (Å²) in [6, 6.07) is 9.45. The summed E-state index contributed by atoms with van der Waals surface area (Å²) in [5.74, 6) is 0. The molecule has 2 aromatic rings. The van der Waals surface area contributed by atoms with Gasteiger partial charge in [-0.1, -0.05) is 35.6 Å². The molecule has 10 nitrogen and oxygen atoms in total. The Hall–Kier alpha value is -2.82. The molecule has 0 amide bonds. The van der Waals surface area contributed by atoms with Crippen LogP contribution in [-0.4, -0.2) is 38.6 Å². The van der Waals surface area contributed by atoms with Crippen LogP contribution in [0.2, 0.25) is 0 Å². The lowest BCUT2D eigenvalue weighted by molar-refractivity contribution is -0.0458. The van der Waals surface area contributed by atoms with Crippen molar-refractivity contribution in [3.05, 3.63) is 62.9 Å². The van der Waals surface area contributed by atoms with E-state index in [1.54, 1.807) is 0 Å². The van der Waals surface area contributed by atoms with Crippen LogP contribution < -0.4 is 16.7 Å². The second kappa shape index (κ2) is 8.04. The van der Waals surface area contributed by atoms with Crippen LogP contribution >= 0.6 is 0 Å². The first-order chi connectivity index (χ1) is 12.6. The molecule has 1 aromatic heterocycles. The predicted octanol–water partition coefficient (Wildman–Crippen LogP) is 0.157. The van der Waals surface area contributed by atoms with Gasteiger partial charge in [0, 0.05) is 12.6 Å². The van der Waals surface area contributed by atoms with Crippen molar-refractivity contribution in [3.8, 4) is 0 Å². The Bertz CT molecular complexity index is 879. The van der Waals surface area contributed by atoms with Gasteiger partial charge in [-0.15, -0.1) is 0 Å². The van der Waals surface area contributed by atoms with Crippen LogP contribution in [0.25, 0.3) is 0 Å². The number of ether oxygens (including phenoxy) is 1. The second-order valence-electron chi connectivity index (χ2n) is 5.82. The van der Waals surface area contributed by atoms with Crippen molar-refractivity contribution in [3.63, 3.8) is 0 Å². The number of benzene rings is 1. The normalized spacial score (nSPS) is 22.8. The molecule has 1 aliphatic rings. The maximum atomic E-state index is 12.0. The molecular weight excluding hydrogens is 342 g/mol. The number of aliphatic hydroxyl groups excluding tert-OH is 2. The molecule has 138 valence electrons. The van der Waals surface area contributed by atoms with Gasteiger partial charge >= 0.3 is 5.69 Å². The summed E-state index contributed by atoms with van der Waals surface area (Å²) in [5.41, 5.74) is 2.13. The molecule has 3 rings (SSSR count). The van der Waals surface area contributed by atoms with E-state index in [1.165, 1.54) is 6.20 Å². The number of aromatic nitrogens is 2. The average molecular weight is 361 g/mol. The average Bonchev–Trinajstić information content (AvgIpc) is 3.01. The standard InChI is InChI=1S/C16H19N5O5/c22-9-13-12(23)6-14(26-13)21-8-11(15(24)18-16(21)25)19-20-17-7-10-4-2-1-3-5-10/h1-5,8,12-14,22-23H,6-7,9H2,(H,17,19)(H,18,24,25)/t12-,13+,14+/m1/s1. The maximum absolute atomic E-state index is 12.0. The topological polar surface area (TPSA) is 141 Å². The zero-order chi connectivity index (χ0) is 18.5. The lowest BCUT2D eigenvalue weighted by atomic mass is 10.2. The minimum absolute atomic E-state index is 0.00644. The number of aromatic amines is 1. The van der Waals surface area contributed by atoms with Crippen molar-refractivity contribution in [2.75, 3.05) is 12.0 Å². The summed E-state index contributed by atoms with van der Waals surface area (Å²) in [7, 11) is 0. The number of nitrogens with one attached hydrogen (secondary N) is 2. The Morgan fingerprint density at radius 3 is 2.77 bits per heavy atom. The highest BCUT2D eigenvalue weighted by atomic mass is 16.5. The lowest BCUT2D eigenvalue weighted by Crippen LogP contribution is -2.33. The van der Waals surface area contributed by atoms with Crippen LogP contribution in [0.3, 0.4) is 0 Å². The molecule has 4 N–H and O–H groups in total. The van der Waals surface area contributed by atoms with Crippen molar-refractivity contribution in [2.45, 2.75) is 31.4 Å². The summed E-state index contributed by atoms with van der Waals surface area (Å²) >= 11 is 0. The number of aliphatic hydroxyl groups is 2. The zero-order valence-electron chi connectivity index (χ0n) is 13.8. The molecule has 1 fully saturated rings. The molecule has 0 saturated carbocycles. The van der Waals surface area contributed by atoms with Crippen molar-refractivity contribution < 1.29 is 14.9 Å². The molecule has 0 spiro atoms. The molecule has 1 saturated heterocycles. The van der Waals surface area contributed by atoms with Gasteiger partial charge < -0.3 is 14.9 Å². The van der Waals surface area contributed by atoms with Gasteiger partial charge in [0.15, 0.2) is 0 Å². The van der Waals surface area contributed by atoms with Crippen LogP contribution in [0.15, 0.2) is 56.5 Å². The summed E-state index contributed by atoms with van der Waals surface area (Å²) in [6.45, 7) is -0.0317. The first kappa shape index (κ1) is 18.0. The molecular formula is C16H19N5O5. The van der Waals surface area contributed by atoms with Crippen molar-refractivity contribution in [1.29, 1.82) is 0 Å². The molecule has 0 bridgehead atoms. The summed E-state index contributed by atoms with van der Waals surface area (Å²) in [6.07, 6.45) is -1.11. The highest BCUT2D eigenvalue weighted by Crippen LogP contribution is 2.27. The Morgan fingerprint density at radius 2 is 2.08 bits per heavy atom. The lowest BCUT2D eigenvalue weighted by Gasteiger charge is -2.14. The monoisotopic (exact) mass is 361 g/mol. The van der Waals surface area contributed by atoms with Crippen molar-refractivity contribution in [2.24, 2.45) is 10.3 Å². The van der Waals surface area contributed by atoms with Crippen LogP contribution in [0.1, 0.15) is 18.2 Å². The highest BCUT2D eigenvalue weighted by molar-refractivity contribution is 5.36. The summed E-state index contributed by atoms with van der Waals surface area (Å²) in [4.78, 5) is 26.0. The third-order valence-electron chi connectivity index (χ3n) is 4.00. The molecule has 10 heteroatoms. The Morgan fingerprint density at radius 1 is 1.31 bits per heavy atom. The fourth-order valence-corrected chi connectivity index (χ4v) is 2.62. The van der Waals surface area contributed by atoms with E-state index < -0.39 is 29.7 Å². The third-order valence-corrected chi connectivity index (χ3v) is 4.00. The summed E-state index contributed by atoms with van der Waals surface area (Å²) in [5, 5.41) is 26.6. The molecule has 0 aliphatic carbocycles. The maximum Gasteiger partial charge on any atom is 0.330 e. The molecule has 2 heterocycles. The summed E-state index contributed by atoms with van der Waals surface area (Å²) < 4.78 is 6.56. The van der Waals surface area contributed by atoms with Crippen LogP contribution in [0.4, 0.5) is 5.69 Å². The van der Waals surface area contributed by atoms with E-state index in [1.807, 2.05) is 30.3 Å². The first-order valence-electron chi connectivity index (χ1n) is 8.04. The molecule has 1 aliphatic heterocycles. The van der Waals surface area contributed by atoms with Gasteiger partial charge in [0.2, 0.25) is 0 Å². The quantitative estimate of drug-likeness (QED) is 0.426. The van der Waals surface area contributed by atoms with Crippen LogP contribution in [0, 0.1) is 0 Å². The van der Waals surface area contributed by atoms with Gasteiger partial charge in [-0.3, -0.25) is 19.8 Å². The van der Waals surface area contributed by atoms with E-state index in [0.717, 1.165) is 10.1 Å². The highest BCUT2D eigenvalue weighted by Gasteiger charge is 2.35. The van der Waals surface area contributed by atoms with Gasteiger partial charge in [-0.2, -0.15) is 5.11 Å². The minimum Gasteiger partial charge on any atom is -0.394 e. The molecule has 3 atom stereocenters. The Balaban J connectivity index is 1.72. The van der Waals surface area contributed by atoms with E-state index >= 15 is 0 Å². The molecule has 0 radical (unpaired) electrons. The van der Waals surface area contributed by atoms with Crippen LogP contribution in [-0.2, 0) is 11.3 Å². The van der Waals surface area contributed by atoms with Gasteiger partial charge in [-0.05, 0) is 5.56 Å². The molecule has 1 aromatic carbocycles. The van der Waals surface area contributed by atoms with Gasteiger partial charge in [0.05, 0.1) is 19.3 Å². The predicted molar refractivity (Wildman–Crippen MR) is 91.6 cm³/mol. The number of anilines is 1. The number of hydrogen-bond donors (Lipinski definition) is 4. The first-order valence-corrected chi connectivity index (χ1v) is 8.04. The SMILES string of the molecule is O=c1[nH]c(=O)n([C@@H]2C[C@@H](O)[C@H](CO)O2)cc1NN=NCc1ccccc1. The zero-order valence-corrected chi connectivity index (χ0v) is 13.8. The number of rotatable bonds is 6. The van der Waals surface area contributed by atoms with E-state index in [2.05, 4.69) is 20.7 Å². The van der Waals surface area contributed by atoms with E-state index in [4.69, 9.17) is 9.84 Å². The second-order valence-corrected chi connectivity index (χ2v) is 5.82. The van der Waals surface area contributed by atoms with E-state index in [-0.39, 0.29) is 18.7 Å². The number of nitrogens with zero attached hydrogens (tertiary/aromatic N) is 3. The molecule has 26 heavy (non-hydrogen) atoms. The third kappa shape index (κ3) is 4.04.